The fourth-order valence-corrected chi connectivity index (χ4v) is 4.14. The molecule has 4 rings (SSSR count). The first-order valence-electron chi connectivity index (χ1n) is 9.95. The van der Waals surface area contributed by atoms with Gasteiger partial charge in [-0.2, -0.15) is 0 Å². The molecule has 0 aliphatic carbocycles. The number of aromatic nitrogens is 2. The Kier molecular flexibility index (Phi) is 7.06. The van der Waals surface area contributed by atoms with Gasteiger partial charge in [-0.1, -0.05) is 29.4 Å². The Labute approximate surface area is 193 Å². The van der Waals surface area contributed by atoms with Crippen molar-refractivity contribution >= 4 is 46.5 Å². The van der Waals surface area contributed by atoms with Crippen LogP contribution in [0.3, 0.4) is 0 Å². The molecule has 0 atom stereocenters. The van der Waals surface area contributed by atoms with Gasteiger partial charge in [-0.15, -0.1) is 10.2 Å². The molecule has 166 valence electrons. The maximum atomic E-state index is 13.6. The zero-order valence-corrected chi connectivity index (χ0v) is 18.5. The molecular weight excluding hydrogens is 456 g/mol. The number of amides is 1. The first-order valence-corrected chi connectivity index (χ1v) is 11.3. The van der Waals surface area contributed by atoms with Crippen molar-refractivity contribution in [2.45, 2.75) is 5.03 Å². The molecule has 1 fully saturated rings. The fourth-order valence-electron chi connectivity index (χ4n) is 3.34. The summed E-state index contributed by atoms with van der Waals surface area (Å²) in [4.78, 5) is 16.5. The second kappa shape index (κ2) is 10.1. The largest absolute Gasteiger partial charge is 0.368 e. The molecule has 2 heterocycles. The Morgan fingerprint density at radius 3 is 2.47 bits per heavy atom. The lowest BCUT2D eigenvalue weighted by atomic mass is 10.2. The number of anilines is 3. The minimum atomic E-state index is -0.817. The average molecular weight is 476 g/mol. The topological polar surface area (TPSA) is 61.4 Å². The first-order chi connectivity index (χ1) is 15.5. The molecule has 0 saturated carbocycles. The lowest BCUT2D eigenvalue weighted by Crippen LogP contribution is -2.46. The van der Waals surface area contributed by atoms with Crippen molar-refractivity contribution in [3.8, 4) is 0 Å². The van der Waals surface area contributed by atoms with E-state index in [0.717, 1.165) is 54.8 Å². The molecule has 1 N–H and O–H groups in total. The van der Waals surface area contributed by atoms with Crippen LogP contribution in [0.2, 0.25) is 5.02 Å². The van der Waals surface area contributed by atoms with E-state index in [4.69, 9.17) is 11.6 Å². The van der Waals surface area contributed by atoms with Crippen LogP contribution in [0, 0.1) is 11.6 Å². The molecule has 1 saturated heterocycles. The molecule has 2 aromatic carbocycles. The van der Waals surface area contributed by atoms with Crippen LogP contribution in [0.15, 0.2) is 59.6 Å². The Bertz CT molecular complexity index is 1090. The number of nitrogens with one attached hydrogen (secondary N) is 1. The lowest BCUT2D eigenvalue weighted by Gasteiger charge is -2.36. The number of hydrogen-bond donors (Lipinski definition) is 1. The summed E-state index contributed by atoms with van der Waals surface area (Å²) in [5.41, 5.74) is 1.05. The molecule has 3 aromatic rings. The summed E-state index contributed by atoms with van der Waals surface area (Å²) in [6, 6.07) is 14.5. The van der Waals surface area contributed by atoms with E-state index in [0.29, 0.717) is 5.03 Å². The number of nitrogens with zero attached hydrogens (tertiary/aromatic N) is 4. The van der Waals surface area contributed by atoms with E-state index >= 15 is 0 Å². The van der Waals surface area contributed by atoms with Crippen LogP contribution in [0.25, 0.3) is 0 Å². The number of carbonyl (C=O) groups excluding carboxylic acids is 1. The minimum Gasteiger partial charge on any atom is -0.368 e. The molecule has 32 heavy (non-hydrogen) atoms. The summed E-state index contributed by atoms with van der Waals surface area (Å²) < 4.78 is 26.6. The highest BCUT2D eigenvalue weighted by Gasteiger charge is 2.19. The van der Waals surface area contributed by atoms with Gasteiger partial charge >= 0.3 is 0 Å². The van der Waals surface area contributed by atoms with Crippen molar-refractivity contribution in [2.75, 3.05) is 47.0 Å². The van der Waals surface area contributed by atoms with Crippen LogP contribution in [0.4, 0.5) is 26.0 Å². The number of rotatable bonds is 6. The standard InChI is InChI=1S/C22H20ClF2N5OS/c23-15-2-1-3-17(12-15)29-8-10-30(11-9-29)20-6-7-22(28-27-20)32-14-21(31)26-19-5-4-16(24)13-18(19)25/h1-7,12-13H,8-11,14H2,(H,26,31). The van der Waals surface area contributed by atoms with Gasteiger partial charge in [0.1, 0.15) is 16.7 Å². The highest BCUT2D eigenvalue weighted by molar-refractivity contribution is 7.99. The second-order valence-corrected chi connectivity index (χ2v) is 8.58. The zero-order chi connectivity index (χ0) is 22.5. The second-order valence-electron chi connectivity index (χ2n) is 7.14. The summed E-state index contributed by atoms with van der Waals surface area (Å²) in [5, 5.41) is 12.2. The van der Waals surface area contributed by atoms with Crippen LogP contribution < -0.4 is 15.1 Å². The summed E-state index contributed by atoms with van der Waals surface area (Å²) in [6.45, 7) is 3.30. The predicted octanol–water partition coefficient (Wildman–Crippen LogP) is 4.47. The third kappa shape index (κ3) is 5.66. The van der Waals surface area contributed by atoms with Crippen molar-refractivity contribution in [3.63, 3.8) is 0 Å². The van der Waals surface area contributed by atoms with Gasteiger partial charge in [0, 0.05) is 43.0 Å². The summed E-state index contributed by atoms with van der Waals surface area (Å²) in [5.74, 6) is -1.12. The third-order valence-corrected chi connectivity index (χ3v) is 6.11. The number of piperazine rings is 1. The first kappa shape index (κ1) is 22.3. The Balaban J connectivity index is 1.26. The van der Waals surface area contributed by atoms with Gasteiger partial charge in [-0.05, 0) is 42.5 Å². The summed E-state index contributed by atoms with van der Waals surface area (Å²) >= 11 is 7.28. The van der Waals surface area contributed by atoms with Crippen LogP contribution in [-0.4, -0.2) is 48.0 Å². The monoisotopic (exact) mass is 475 g/mol. The van der Waals surface area contributed by atoms with Crippen LogP contribution in [0.1, 0.15) is 0 Å². The highest BCUT2D eigenvalue weighted by Crippen LogP contribution is 2.23. The van der Waals surface area contributed by atoms with E-state index in [-0.39, 0.29) is 11.4 Å². The van der Waals surface area contributed by atoms with Gasteiger partial charge in [0.2, 0.25) is 5.91 Å². The van der Waals surface area contributed by atoms with Crippen molar-refractivity contribution < 1.29 is 13.6 Å². The molecule has 1 amide bonds. The van der Waals surface area contributed by atoms with Crippen molar-refractivity contribution in [3.05, 3.63) is 71.3 Å². The Morgan fingerprint density at radius 1 is 1.00 bits per heavy atom. The zero-order valence-electron chi connectivity index (χ0n) is 17.0. The van der Waals surface area contributed by atoms with Crippen LogP contribution in [0.5, 0.6) is 0 Å². The molecular formula is C22H20ClF2N5OS. The van der Waals surface area contributed by atoms with Gasteiger partial charge in [0.15, 0.2) is 5.82 Å². The predicted molar refractivity (Wildman–Crippen MR) is 124 cm³/mol. The van der Waals surface area contributed by atoms with Crippen LogP contribution in [-0.2, 0) is 4.79 Å². The maximum absolute atomic E-state index is 13.6. The highest BCUT2D eigenvalue weighted by atomic mass is 35.5. The summed E-state index contributed by atoms with van der Waals surface area (Å²) in [7, 11) is 0. The number of halogens is 3. The summed E-state index contributed by atoms with van der Waals surface area (Å²) in [6.07, 6.45) is 0. The molecule has 1 aliphatic heterocycles. The van der Waals surface area contributed by atoms with Gasteiger partial charge in [-0.3, -0.25) is 4.79 Å². The van der Waals surface area contributed by atoms with Gasteiger partial charge in [0.05, 0.1) is 11.4 Å². The molecule has 1 aliphatic rings. The minimum absolute atomic E-state index is 0.0309. The van der Waals surface area contributed by atoms with Crippen molar-refractivity contribution in [2.24, 2.45) is 0 Å². The normalized spacial score (nSPS) is 13.8. The molecule has 0 unspecified atom stereocenters. The van der Waals surface area contributed by atoms with E-state index in [1.807, 2.05) is 36.4 Å². The molecule has 0 spiro atoms. The lowest BCUT2D eigenvalue weighted by molar-refractivity contribution is -0.113. The fraction of sp³-hybridized carbons (Fsp3) is 0.227. The van der Waals surface area contributed by atoms with E-state index in [1.165, 1.54) is 17.8 Å². The van der Waals surface area contributed by atoms with E-state index in [1.54, 1.807) is 0 Å². The third-order valence-electron chi connectivity index (χ3n) is 4.96. The quantitative estimate of drug-likeness (QED) is 0.531. The van der Waals surface area contributed by atoms with Crippen LogP contribution >= 0.6 is 23.4 Å². The molecule has 0 bridgehead atoms. The SMILES string of the molecule is O=C(CSc1ccc(N2CCN(c3cccc(Cl)c3)CC2)nn1)Nc1ccc(F)cc1F. The molecule has 10 heteroatoms. The maximum Gasteiger partial charge on any atom is 0.234 e. The van der Waals surface area contributed by atoms with Crippen molar-refractivity contribution in [1.82, 2.24) is 10.2 Å². The number of benzene rings is 2. The smallest absolute Gasteiger partial charge is 0.234 e. The molecule has 6 nitrogen and oxygen atoms in total. The Morgan fingerprint density at radius 2 is 1.78 bits per heavy atom. The van der Waals surface area contributed by atoms with E-state index in [9.17, 15) is 13.6 Å². The van der Waals surface area contributed by atoms with Gasteiger partial charge < -0.3 is 15.1 Å². The van der Waals surface area contributed by atoms with Gasteiger partial charge in [-0.25, -0.2) is 8.78 Å². The number of carbonyl (C=O) groups is 1. The van der Waals surface area contributed by atoms with E-state index in [2.05, 4.69) is 25.3 Å². The van der Waals surface area contributed by atoms with Crippen molar-refractivity contribution in [1.29, 1.82) is 0 Å². The molecule has 1 aromatic heterocycles. The Hall–Kier alpha value is -2.91. The van der Waals surface area contributed by atoms with E-state index < -0.39 is 17.5 Å². The number of hydrogen-bond acceptors (Lipinski definition) is 6. The number of thioether (sulfide) groups is 1. The average Bonchev–Trinajstić information content (AvgIpc) is 2.80. The molecule has 0 radical (unpaired) electrons. The van der Waals surface area contributed by atoms with Gasteiger partial charge in [0.25, 0.3) is 0 Å².